The van der Waals surface area contributed by atoms with Crippen LogP contribution in [0.15, 0.2) is 65.5 Å². The number of carbonyl (C=O) groups excluding carboxylic acids is 2. The number of nitrogens with zero attached hydrogens (tertiary/aromatic N) is 4. The number of hydrogen-bond donors (Lipinski definition) is 1. The summed E-state index contributed by atoms with van der Waals surface area (Å²) in [6, 6.07) is 18.4. The minimum Gasteiger partial charge on any atom is -0.467 e. The summed E-state index contributed by atoms with van der Waals surface area (Å²) >= 11 is 0. The molecule has 7 rings (SSSR count). The first kappa shape index (κ1) is 35.5. The maximum atomic E-state index is 15.3. The van der Waals surface area contributed by atoms with Gasteiger partial charge < -0.3 is 23.7 Å². The van der Waals surface area contributed by atoms with E-state index in [0.717, 1.165) is 18.4 Å². The molecule has 14 heteroatoms. The standard InChI is InChI=1S/C38H43BFN5O7/c1-37(2)38(3,4)52-39(51-37)29-14-10-26(45-35(49-6)42-43(5)36(45)48)22-32(29)50-27-11-7-23(8-12-27)24-17-19-44(20-18-24)31-15-9-25(21-30(31)40)28-13-16-33(46)41-34(28)47/h7-12,14-15,21-22,24,28H,13,16-20H2,1-6H3,(H,41,46,47). The van der Waals surface area contributed by atoms with Crippen LogP contribution in [0.3, 0.4) is 0 Å². The van der Waals surface area contributed by atoms with E-state index in [2.05, 4.69) is 22.5 Å². The van der Waals surface area contributed by atoms with Gasteiger partial charge >= 0.3 is 18.8 Å². The van der Waals surface area contributed by atoms with Crippen molar-refractivity contribution in [3.63, 3.8) is 0 Å². The Morgan fingerprint density at radius 2 is 1.58 bits per heavy atom. The molecule has 0 aliphatic carbocycles. The van der Waals surface area contributed by atoms with Gasteiger partial charge in [0, 0.05) is 38.1 Å². The summed E-state index contributed by atoms with van der Waals surface area (Å²) < 4.78 is 42.5. The van der Waals surface area contributed by atoms with Crippen LogP contribution >= 0.6 is 0 Å². The van der Waals surface area contributed by atoms with E-state index < -0.39 is 24.2 Å². The molecule has 1 atom stereocenters. The van der Waals surface area contributed by atoms with Gasteiger partial charge in [-0.1, -0.05) is 24.3 Å². The number of ether oxygens (including phenoxy) is 2. The molecule has 1 unspecified atom stereocenters. The van der Waals surface area contributed by atoms with E-state index in [1.165, 1.54) is 22.4 Å². The first-order chi connectivity index (χ1) is 24.7. The van der Waals surface area contributed by atoms with E-state index in [9.17, 15) is 14.4 Å². The zero-order chi connectivity index (χ0) is 36.9. The normalized spacial score (nSPS) is 20.2. The minimum atomic E-state index is -0.704. The quantitative estimate of drug-likeness (QED) is 0.204. The van der Waals surface area contributed by atoms with Gasteiger partial charge in [-0.15, -0.1) is 5.10 Å². The highest BCUT2D eigenvalue weighted by molar-refractivity contribution is 6.63. The molecule has 2 amide bonds. The lowest BCUT2D eigenvalue weighted by molar-refractivity contribution is -0.134. The van der Waals surface area contributed by atoms with Crippen LogP contribution in [0.2, 0.25) is 0 Å². The van der Waals surface area contributed by atoms with Crippen molar-refractivity contribution in [2.75, 3.05) is 25.1 Å². The fourth-order valence-electron chi connectivity index (χ4n) is 7.11. The number of imide groups is 1. The smallest absolute Gasteiger partial charge is 0.467 e. The molecule has 3 saturated heterocycles. The Balaban J connectivity index is 1.07. The van der Waals surface area contributed by atoms with Crippen LogP contribution in [0.1, 0.15) is 76.3 Å². The number of rotatable bonds is 8. The van der Waals surface area contributed by atoms with Crippen molar-refractivity contribution in [2.24, 2.45) is 7.05 Å². The maximum Gasteiger partial charge on any atom is 0.498 e. The number of anilines is 1. The van der Waals surface area contributed by atoms with Gasteiger partial charge in [0.05, 0.1) is 35.6 Å². The van der Waals surface area contributed by atoms with Crippen LogP contribution in [0.25, 0.3) is 5.69 Å². The second-order valence-corrected chi connectivity index (χ2v) is 14.7. The molecule has 1 aromatic heterocycles. The van der Waals surface area contributed by atoms with Crippen molar-refractivity contribution in [3.05, 3.63) is 88.1 Å². The first-order valence-electron chi connectivity index (χ1n) is 17.6. The average molecular weight is 712 g/mol. The van der Waals surface area contributed by atoms with E-state index in [-0.39, 0.29) is 41.7 Å². The van der Waals surface area contributed by atoms with Crippen molar-refractivity contribution in [2.45, 2.75) is 76.4 Å². The molecule has 0 radical (unpaired) electrons. The van der Waals surface area contributed by atoms with Gasteiger partial charge in [0.25, 0.3) is 0 Å². The van der Waals surface area contributed by atoms with E-state index in [1.54, 1.807) is 31.3 Å². The number of hydrogen-bond acceptors (Lipinski definition) is 9. The van der Waals surface area contributed by atoms with Gasteiger partial charge in [0.2, 0.25) is 11.8 Å². The Kier molecular flexibility index (Phi) is 9.24. The molecule has 4 aromatic rings. The summed E-state index contributed by atoms with van der Waals surface area (Å²) in [5.74, 6) is -0.209. The molecule has 0 bridgehead atoms. The lowest BCUT2D eigenvalue weighted by atomic mass is 9.78. The second kappa shape index (κ2) is 13.6. The van der Waals surface area contributed by atoms with E-state index in [4.69, 9.17) is 18.8 Å². The Hall–Kier alpha value is -4.95. The fourth-order valence-corrected chi connectivity index (χ4v) is 7.11. The number of halogens is 1. The molecular weight excluding hydrogens is 668 g/mol. The van der Waals surface area contributed by atoms with Crippen molar-refractivity contribution < 1.29 is 32.8 Å². The predicted octanol–water partition coefficient (Wildman–Crippen LogP) is 4.71. The molecular formula is C38H43BFN5O7. The molecule has 1 N–H and O–H groups in total. The van der Waals surface area contributed by atoms with Crippen LogP contribution in [0, 0.1) is 5.82 Å². The average Bonchev–Trinajstić information content (AvgIpc) is 3.52. The van der Waals surface area contributed by atoms with Crippen LogP contribution in [0.5, 0.6) is 17.5 Å². The van der Waals surface area contributed by atoms with Crippen molar-refractivity contribution in [1.29, 1.82) is 0 Å². The SMILES string of the molecule is COc1nn(C)c(=O)n1-c1ccc(B2OC(C)(C)C(C)(C)O2)c(Oc2ccc(C3CCN(c4ccc(C5CCC(=O)NC5=O)cc4F)CC3)cc2)c1. The summed E-state index contributed by atoms with van der Waals surface area (Å²) in [6.07, 6.45) is 2.31. The van der Waals surface area contributed by atoms with Gasteiger partial charge in [-0.05, 0) is 94.3 Å². The lowest BCUT2D eigenvalue weighted by Gasteiger charge is -2.34. The Labute approximate surface area is 301 Å². The number of amides is 2. The summed E-state index contributed by atoms with van der Waals surface area (Å²) in [5.41, 5.74) is 1.94. The molecule has 3 aromatic carbocycles. The number of piperidine rings is 2. The number of carbonyl (C=O) groups is 2. The predicted molar refractivity (Wildman–Crippen MR) is 193 cm³/mol. The van der Waals surface area contributed by atoms with Crippen LogP contribution in [-0.4, -0.2) is 64.7 Å². The summed E-state index contributed by atoms with van der Waals surface area (Å²) in [7, 11) is 2.31. The van der Waals surface area contributed by atoms with Crippen molar-refractivity contribution in [1.82, 2.24) is 19.7 Å². The highest BCUT2D eigenvalue weighted by Crippen LogP contribution is 2.39. The second-order valence-electron chi connectivity index (χ2n) is 14.7. The van der Waals surface area contributed by atoms with E-state index in [1.807, 2.05) is 50.8 Å². The van der Waals surface area contributed by atoms with Gasteiger partial charge in [0.15, 0.2) is 0 Å². The van der Waals surface area contributed by atoms with E-state index in [0.29, 0.717) is 53.4 Å². The topological polar surface area (TPSA) is 126 Å². The third-order valence-corrected chi connectivity index (χ3v) is 10.9. The Bertz CT molecular complexity index is 2050. The number of benzene rings is 3. The third-order valence-electron chi connectivity index (χ3n) is 10.9. The zero-order valence-corrected chi connectivity index (χ0v) is 30.3. The zero-order valence-electron chi connectivity index (χ0n) is 30.3. The van der Waals surface area contributed by atoms with E-state index >= 15 is 4.39 Å². The Morgan fingerprint density at radius 3 is 2.21 bits per heavy atom. The van der Waals surface area contributed by atoms with Crippen molar-refractivity contribution >= 4 is 30.1 Å². The fraction of sp³-hybridized carbons (Fsp3) is 0.421. The van der Waals surface area contributed by atoms with Crippen LogP contribution < -0.4 is 30.8 Å². The number of aryl methyl sites for hydroxylation is 1. The Morgan fingerprint density at radius 1 is 0.904 bits per heavy atom. The first-order valence-corrected chi connectivity index (χ1v) is 17.6. The molecule has 52 heavy (non-hydrogen) atoms. The molecule has 272 valence electrons. The number of aromatic nitrogens is 3. The highest BCUT2D eigenvalue weighted by atomic mass is 19.1. The van der Waals surface area contributed by atoms with Gasteiger partial charge in [-0.25, -0.2) is 18.4 Å². The summed E-state index contributed by atoms with van der Waals surface area (Å²) in [5, 5.41) is 6.52. The molecule has 0 saturated carbocycles. The highest BCUT2D eigenvalue weighted by Gasteiger charge is 2.52. The summed E-state index contributed by atoms with van der Waals surface area (Å²) in [4.78, 5) is 38.9. The molecule has 0 spiro atoms. The number of nitrogens with one attached hydrogen (secondary N) is 1. The molecule has 4 heterocycles. The monoisotopic (exact) mass is 711 g/mol. The molecule has 3 fully saturated rings. The number of methoxy groups -OCH3 is 1. The minimum absolute atomic E-state index is 0.143. The molecule has 3 aliphatic heterocycles. The van der Waals surface area contributed by atoms with Crippen molar-refractivity contribution in [3.8, 4) is 23.2 Å². The van der Waals surface area contributed by atoms with Gasteiger partial charge in [-0.2, -0.15) is 0 Å². The van der Waals surface area contributed by atoms with Crippen LogP contribution in [0.4, 0.5) is 10.1 Å². The third kappa shape index (κ3) is 6.61. The summed E-state index contributed by atoms with van der Waals surface area (Å²) in [6.45, 7) is 9.31. The maximum absolute atomic E-state index is 15.3. The van der Waals surface area contributed by atoms with Gasteiger partial charge in [0.1, 0.15) is 17.3 Å². The molecule has 12 nitrogen and oxygen atoms in total. The van der Waals surface area contributed by atoms with Crippen LogP contribution in [-0.2, 0) is 25.9 Å². The largest absolute Gasteiger partial charge is 0.498 e. The molecule has 3 aliphatic rings. The lowest BCUT2D eigenvalue weighted by Crippen LogP contribution is -2.41. The van der Waals surface area contributed by atoms with Gasteiger partial charge in [-0.3, -0.25) is 14.9 Å².